The third kappa shape index (κ3) is 2.76. The van der Waals surface area contributed by atoms with Crippen molar-refractivity contribution in [2.75, 3.05) is 13.1 Å². The van der Waals surface area contributed by atoms with Gasteiger partial charge in [0.15, 0.2) is 0 Å². The highest BCUT2D eigenvalue weighted by Gasteiger charge is 2.31. The maximum absolute atomic E-state index is 11.0. The zero-order valence-corrected chi connectivity index (χ0v) is 10.2. The summed E-state index contributed by atoms with van der Waals surface area (Å²) in [5.74, 6) is 0.184. The van der Waals surface area contributed by atoms with Gasteiger partial charge < -0.3 is 10.0 Å². The smallest absolute Gasteiger partial charge is 0.306 e. The van der Waals surface area contributed by atoms with Crippen LogP contribution in [0.3, 0.4) is 0 Å². The zero-order chi connectivity index (χ0) is 11.5. The molecule has 1 saturated heterocycles. The SMILES string of the molecule is CC1CCN(C2CCCC(C(=O)O)C2)CC1. The van der Waals surface area contributed by atoms with Crippen LogP contribution < -0.4 is 0 Å². The lowest BCUT2D eigenvalue weighted by molar-refractivity contribution is -0.143. The van der Waals surface area contributed by atoms with Gasteiger partial charge in [-0.25, -0.2) is 0 Å². The average Bonchev–Trinajstić information content (AvgIpc) is 2.30. The Morgan fingerprint density at radius 3 is 2.50 bits per heavy atom. The number of hydrogen-bond acceptors (Lipinski definition) is 2. The third-order valence-electron chi connectivity index (χ3n) is 4.33. The first-order valence-electron chi connectivity index (χ1n) is 6.63. The van der Waals surface area contributed by atoms with Crippen LogP contribution in [0.2, 0.25) is 0 Å². The lowest BCUT2D eigenvalue weighted by Crippen LogP contribution is -2.44. The largest absolute Gasteiger partial charge is 0.481 e. The highest BCUT2D eigenvalue weighted by molar-refractivity contribution is 5.70. The van der Waals surface area contributed by atoms with E-state index in [4.69, 9.17) is 5.11 Å². The first kappa shape index (κ1) is 11.9. The van der Waals surface area contributed by atoms with Gasteiger partial charge in [-0.2, -0.15) is 0 Å². The molecule has 1 aliphatic carbocycles. The third-order valence-corrected chi connectivity index (χ3v) is 4.33. The minimum Gasteiger partial charge on any atom is -0.481 e. The monoisotopic (exact) mass is 225 g/mol. The van der Waals surface area contributed by atoms with Gasteiger partial charge >= 0.3 is 5.97 Å². The number of carboxylic acids is 1. The van der Waals surface area contributed by atoms with E-state index in [0.717, 1.165) is 25.2 Å². The van der Waals surface area contributed by atoms with Crippen molar-refractivity contribution in [3.63, 3.8) is 0 Å². The number of nitrogens with zero attached hydrogens (tertiary/aromatic N) is 1. The van der Waals surface area contributed by atoms with Crippen LogP contribution in [0.5, 0.6) is 0 Å². The number of aliphatic carboxylic acids is 1. The molecular weight excluding hydrogens is 202 g/mol. The molecule has 0 bridgehead atoms. The molecule has 1 aliphatic heterocycles. The molecular formula is C13H23NO2. The Labute approximate surface area is 97.8 Å². The van der Waals surface area contributed by atoms with Crippen LogP contribution in [-0.4, -0.2) is 35.1 Å². The second-order valence-corrected chi connectivity index (χ2v) is 5.57. The fraction of sp³-hybridized carbons (Fsp3) is 0.923. The van der Waals surface area contributed by atoms with E-state index >= 15 is 0 Å². The van der Waals surface area contributed by atoms with E-state index in [1.54, 1.807) is 0 Å². The van der Waals surface area contributed by atoms with E-state index in [9.17, 15) is 4.79 Å². The van der Waals surface area contributed by atoms with Crippen LogP contribution in [0.15, 0.2) is 0 Å². The van der Waals surface area contributed by atoms with E-state index in [1.165, 1.54) is 32.4 Å². The normalized spacial score (nSPS) is 33.8. The summed E-state index contributed by atoms with van der Waals surface area (Å²) in [4.78, 5) is 13.6. The molecule has 2 aliphatic rings. The first-order valence-corrected chi connectivity index (χ1v) is 6.63. The molecule has 0 aromatic heterocycles. The summed E-state index contributed by atoms with van der Waals surface area (Å²) in [6, 6.07) is 0.544. The maximum atomic E-state index is 11.0. The van der Waals surface area contributed by atoms with Gasteiger partial charge in [0.05, 0.1) is 5.92 Å². The van der Waals surface area contributed by atoms with E-state index in [1.807, 2.05) is 0 Å². The van der Waals surface area contributed by atoms with Crippen LogP contribution in [0.1, 0.15) is 45.4 Å². The molecule has 92 valence electrons. The molecule has 2 atom stereocenters. The Morgan fingerprint density at radius 2 is 1.88 bits per heavy atom. The summed E-state index contributed by atoms with van der Waals surface area (Å²) in [6.45, 7) is 4.68. The average molecular weight is 225 g/mol. The molecule has 2 rings (SSSR count). The fourth-order valence-corrected chi connectivity index (χ4v) is 3.11. The van der Waals surface area contributed by atoms with Crippen molar-refractivity contribution in [3.05, 3.63) is 0 Å². The summed E-state index contributed by atoms with van der Waals surface area (Å²) in [5.41, 5.74) is 0. The summed E-state index contributed by atoms with van der Waals surface area (Å²) in [6.07, 6.45) is 6.63. The van der Waals surface area contributed by atoms with E-state index in [-0.39, 0.29) is 5.92 Å². The van der Waals surface area contributed by atoms with Crippen LogP contribution >= 0.6 is 0 Å². The van der Waals surface area contributed by atoms with Crippen molar-refractivity contribution in [2.45, 2.75) is 51.5 Å². The molecule has 1 saturated carbocycles. The van der Waals surface area contributed by atoms with Crippen LogP contribution in [-0.2, 0) is 4.79 Å². The van der Waals surface area contributed by atoms with Gasteiger partial charge in [-0.3, -0.25) is 4.79 Å². The van der Waals surface area contributed by atoms with Gasteiger partial charge in [-0.1, -0.05) is 13.3 Å². The summed E-state index contributed by atoms with van der Waals surface area (Å²) in [7, 11) is 0. The van der Waals surface area contributed by atoms with E-state index in [0.29, 0.717) is 6.04 Å². The number of rotatable bonds is 2. The molecule has 3 nitrogen and oxygen atoms in total. The quantitative estimate of drug-likeness (QED) is 0.784. The second-order valence-electron chi connectivity index (χ2n) is 5.57. The Kier molecular flexibility index (Phi) is 3.85. The lowest BCUT2D eigenvalue weighted by Gasteiger charge is -2.40. The molecule has 2 fully saturated rings. The second kappa shape index (κ2) is 5.17. The van der Waals surface area contributed by atoms with Gasteiger partial charge in [0.1, 0.15) is 0 Å². The highest BCUT2D eigenvalue weighted by Crippen LogP contribution is 2.30. The van der Waals surface area contributed by atoms with Crippen molar-refractivity contribution < 1.29 is 9.90 Å². The Bertz CT molecular complexity index is 246. The standard InChI is InChI=1S/C13H23NO2/c1-10-5-7-14(8-6-10)12-4-2-3-11(9-12)13(15)16/h10-12H,2-9H2,1H3,(H,15,16). The molecule has 3 heteroatoms. The topological polar surface area (TPSA) is 40.5 Å². The number of carboxylic acid groups (broad SMARTS) is 1. The molecule has 1 N–H and O–H groups in total. The Morgan fingerprint density at radius 1 is 1.19 bits per heavy atom. The Balaban J connectivity index is 1.87. The van der Waals surface area contributed by atoms with E-state index < -0.39 is 5.97 Å². The van der Waals surface area contributed by atoms with Gasteiger partial charge in [-0.15, -0.1) is 0 Å². The number of likely N-dealkylation sites (tertiary alicyclic amines) is 1. The Hall–Kier alpha value is -0.570. The van der Waals surface area contributed by atoms with E-state index in [2.05, 4.69) is 11.8 Å². The molecule has 16 heavy (non-hydrogen) atoms. The molecule has 1 heterocycles. The molecule has 0 spiro atoms. The van der Waals surface area contributed by atoms with Crippen molar-refractivity contribution in [2.24, 2.45) is 11.8 Å². The van der Waals surface area contributed by atoms with Crippen molar-refractivity contribution in [3.8, 4) is 0 Å². The number of hydrogen-bond donors (Lipinski definition) is 1. The van der Waals surface area contributed by atoms with Gasteiger partial charge in [0, 0.05) is 6.04 Å². The zero-order valence-electron chi connectivity index (χ0n) is 10.2. The molecule has 0 radical (unpaired) electrons. The van der Waals surface area contributed by atoms with Crippen LogP contribution in [0.25, 0.3) is 0 Å². The fourth-order valence-electron chi connectivity index (χ4n) is 3.11. The van der Waals surface area contributed by atoms with Gasteiger partial charge in [0.2, 0.25) is 0 Å². The predicted octanol–water partition coefficient (Wildman–Crippen LogP) is 2.36. The van der Waals surface area contributed by atoms with Crippen molar-refractivity contribution in [1.82, 2.24) is 4.90 Å². The summed E-state index contributed by atoms with van der Waals surface area (Å²) in [5, 5.41) is 9.08. The molecule has 0 aromatic carbocycles. The maximum Gasteiger partial charge on any atom is 0.306 e. The molecule has 0 aromatic rings. The van der Waals surface area contributed by atoms with Crippen LogP contribution in [0, 0.1) is 11.8 Å². The number of piperidine rings is 1. The molecule has 2 unspecified atom stereocenters. The van der Waals surface area contributed by atoms with Crippen molar-refractivity contribution >= 4 is 5.97 Å². The molecule has 0 amide bonds. The number of carbonyl (C=O) groups is 1. The predicted molar refractivity (Wildman–Crippen MR) is 63.4 cm³/mol. The summed E-state index contributed by atoms with van der Waals surface area (Å²) < 4.78 is 0. The van der Waals surface area contributed by atoms with Gasteiger partial charge in [0.25, 0.3) is 0 Å². The minimum absolute atomic E-state index is 0.0851. The first-order chi connectivity index (χ1) is 7.66. The van der Waals surface area contributed by atoms with Crippen LogP contribution in [0.4, 0.5) is 0 Å². The minimum atomic E-state index is -0.588. The summed E-state index contributed by atoms with van der Waals surface area (Å²) >= 11 is 0. The lowest BCUT2D eigenvalue weighted by atomic mass is 9.84. The highest BCUT2D eigenvalue weighted by atomic mass is 16.4. The van der Waals surface area contributed by atoms with Crippen molar-refractivity contribution in [1.29, 1.82) is 0 Å². The van der Waals surface area contributed by atoms with Gasteiger partial charge in [-0.05, 0) is 51.1 Å².